The lowest BCUT2D eigenvalue weighted by atomic mass is 10.1. The number of hydrogen-bond acceptors (Lipinski definition) is 5. The molecule has 2 saturated heterocycles. The minimum Gasteiger partial charge on any atom is -0.376 e. The summed E-state index contributed by atoms with van der Waals surface area (Å²) in [5.74, 6) is 0.965. The van der Waals surface area contributed by atoms with Crippen molar-refractivity contribution in [3.63, 3.8) is 0 Å². The molecule has 7 heteroatoms. The van der Waals surface area contributed by atoms with Crippen molar-refractivity contribution in [2.45, 2.75) is 64.2 Å². The van der Waals surface area contributed by atoms with E-state index in [1.807, 2.05) is 13.2 Å². The van der Waals surface area contributed by atoms with Crippen LogP contribution in [0.4, 0.5) is 0 Å². The fourth-order valence-electron chi connectivity index (χ4n) is 3.50. The van der Waals surface area contributed by atoms with Crippen LogP contribution in [0.25, 0.3) is 0 Å². The van der Waals surface area contributed by atoms with E-state index < -0.39 is 0 Å². The van der Waals surface area contributed by atoms with Gasteiger partial charge in [0.25, 0.3) is 0 Å². The summed E-state index contributed by atoms with van der Waals surface area (Å²) < 4.78 is 11.9. The van der Waals surface area contributed by atoms with Crippen LogP contribution < -0.4 is 5.32 Å². The molecule has 3 heterocycles. The first-order valence-corrected chi connectivity index (χ1v) is 10.7. The maximum absolute atomic E-state index is 6.11. The minimum absolute atomic E-state index is 0.308. The van der Waals surface area contributed by atoms with Crippen LogP contribution in [0.1, 0.15) is 48.9 Å². The number of nitrogens with one attached hydrogen (secondary N) is 1. The molecule has 0 saturated carbocycles. The molecule has 0 aliphatic carbocycles. The molecular formula is C19H32N4O2S. The zero-order chi connectivity index (χ0) is 18.2. The van der Waals surface area contributed by atoms with Crippen LogP contribution in [-0.4, -0.2) is 61.4 Å². The van der Waals surface area contributed by atoms with Gasteiger partial charge in [-0.1, -0.05) is 6.92 Å². The molecule has 0 spiro atoms. The van der Waals surface area contributed by atoms with E-state index in [1.165, 1.54) is 17.7 Å². The molecule has 2 fully saturated rings. The number of rotatable bonds is 6. The molecule has 1 N–H and O–H groups in total. The van der Waals surface area contributed by atoms with Crippen LogP contribution in [0.15, 0.2) is 11.2 Å². The summed E-state index contributed by atoms with van der Waals surface area (Å²) in [5, 5.41) is 4.57. The largest absolute Gasteiger partial charge is 0.376 e. The van der Waals surface area contributed by atoms with Crippen molar-refractivity contribution < 1.29 is 9.47 Å². The lowest BCUT2D eigenvalue weighted by Crippen LogP contribution is -2.47. The van der Waals surface area contributed by atoms with Gasteiger partial charge in [-0.3, -0.25) is 4.99 Å². The molecule has 0 aromatic carbocycles. The molecule has 26 heavy (non-hydrogen) atoms. The van der Waals surface area contributed by atoms with E-state index in [9.17, 15) is 0 Å². The Balaban J connectivity index is 1.38. The first kappa shape index (κ1) is 19.6. The molecule has 2 aliphatic heterocycles. The zero-order valence-electron chi connectivity index (χ0n) is 16.1. The van der Waals surface area contributed by atoms with Crippen LogP contribution >= 0.6 is 11.3 Å². The smallest absolute Gasteiger partial charge is 0.193 e. The van der Waals surface area contributed by atoms with Gasteiger partial charge in [-0.15, -0.1) is 11.3 Å². The van der Waals surface area contributed by atoms with Crippen molar-refractivity contribution in [2.75, 3.05) is 33.4 Å². The van der Waals surface area contributed by atoms with Gasteiger partial charge in [-0.05, 0) is 38.5 Å². The van der Waals surface area contributed by atoms with E-state index >= 15 is 0 Å². The number of aryl methyl sites for hydroxylation is 1. The number of ether oxygens (including phenoxy) is 2. The molecular weight excluding hydrogens is 348 g/mol. The standard InChI is InChI=1S/C19H32N4O2S/c1-3-17-12-21-18(26-17)13-22-19(20-2)23-9-7-15(8-10-23)25-14-16-6-4-5-11-24-16/h12,15-16H,3-11,13-14H2,1-2H3,(H,20,22). The van der Waals surface area contributed by atoms with Crippen LogP contribution in [0.5, 0.6) is 0 Å². The molecule has 2 aliphatic rings. The quantitative estimate of drug-likeness (QED) is 0.607. The molecule has 1 unspecified atom stereocenters. The molecule has 1 aromatic rings. The van der Waals surface area contributed by atoms with Crippen LogP contribution in [0.2, 0.25) is 0 Å². The summed E-state index contributed by atoms with van der Waals surface area (Å²) in [6.07, 6.45) is 9.38. The summed E-state index contributed by atoms with van der Waals surface area (Å²) in [4.78, 5) is 12.6. The average molecular weight is 381 g/mol. The second-order valence-electron chi connectivity index (χ2n) is 6.98. The molecule has 3 rings (SSSR count). The van der Waals surface area contributed by atoms with Crippen molar-refractivity contribution in [1.82, 2.24) is 15.2 Å². The van der Waals surface area contributed by atoms with Crippen LogP contribution in [0.3, 0.4) is 0 Å². The number of aliphatic imine (C=N–C) groups is 1. The van der Waals surface area contributed by atoms with E-state index in [0.29, 0.717) is 12.2 Å². The number of guanidine groups is 1. The molecule has 0 radical (unpaired) electrons. The number of likely N-dealkylation sites (tertiary alicyclic amines) is 1. The molecule has 1 atom stereocenters. The van der Waals surface area contributed by atoms with Gasteiger partial charge >= 0.3 is 0 Å². The van der Waals surface area contributed by atoms with Crippen molar-refractivity contribution >= 4 is 17.3 Å². The van der Waals surface area contributed by atoms with Gasteiger partial charge in [0.2, 0.25) is 0 Å². The zero-order valence-corrected chi connectivity index (χ0v) is 16.9. The molecule has 0 bridgehead atoms. The van der Waals surface area contributed by atoms with Gasteiger partial charge in [0.05, 0.1) is 25.4 Å². The fraction of sp³-hybridized carbons (Fsp3) is 0.789. The predicted molar refractivity (Wildman–Crippen MR) is 106 cm³/mol. The SMILES string of the molecule is CCc1cnc(CNC(=NC)N2CCC(OCC3CCCCO3)CC2)s1. The highest BCUT2D eigenvalue weighted by Gasteiger charge is 2.23. The van der Waals surface area contributed by atoms with Gasteiger partial charge in [-0.25, -0.2) is 4.98 Å². The van der Waals surface area contributed by atoms with E-state index in [-0.39, 0.29) is 0 Å². The van der Waals surface area contributed by atoms with Crippen LogP contribution in [-0.2, 0) is 22.4 Å². The number of thiazole rings is 1. The van der Waals surface area contributed by atoms with E-state index in [2.05, 4.69) is 27.1 Å². The van der Waals surface area contributed by atoms with Gasteiger partial charge < -0.3 is 19.7 Å². The second kappa shape index (κ2) is 10.2. The Bertz CT molecular complexity index is 564. The van der Waals surface area contributed by atoms with E-state index in [0.717, 1.165) is 69.5 Å². The van der Waals surface area contributed by atoms with Gasteiger partial charge in [0.15, 0.2) is 5.96 Å². The number of hydrogen-bond donors (Lipinski definition) is 1. The highest BCUT2D eigenvalue weighted by molar-refractivity contribution is 7.11. The van der Waals surface area contributed by atoms with Gasteiger partial charge in [0, 0.05) is 37.8 Å². The summed E-state index contributed by atoms with van der Waals surface area (Å²) in [7, 11) is 1.85. The van der Waals surface area contributed by atoms with Gasteiger partial charge in [-0.2, -0.15) is 0 Å². The monoisotopic (exact) mass is 380 g/mol. The average Bonchev–Trinajstić information content (AvgIpc) is 3.17. The lowest BCUT2D eigenvalue weighted by molar-refractivity contribution is -0.0721. The molecule has 146 valence electrons. The third-order valence-electron chi connectivity index (χ3n) is 5.09. The lowest BCUT2D eigenvalue weighted by Gasteiger charge is -2.35. The molecule has 0 amide bonds. The Morgan fingerprint density at radius 1 is 1.38 bits per heavy atom. The molecule has 6 nitrogen and oxygen atoms in total. The maximum atomic E-state index is 6.11. The third kappa shape index (κ3) is 5.66. The second-order valence-corrected chi connectivity index (χ2v) is 8.18. The highest BCUT2D eigenvalue weighted by atomic mass is 32.1. The topological polar surface area (TPSA) is 59.0 Å². The minimum atomic E-state index is 0.308. The van der Waals surface area contributed by atoms with Crippen molar-refractivity contribution in [1.29, 1.82) is 0 Å². The number of nitrogens with zero attached hydrogens (tertiary/aromatic N) is 3. The van der Waals surface area contributed by atoms with Crippen LogP contribution in [0, 0.1) is 0 Å². The molecule has 1 aromatic heterocycles. The Labute approximate surface area is 161 Å². The Morgan fingerprint density at radius 2 is 2.23 bits per heavy atom. The highest BCUT2D eigenvalue weighted by Crippen LogP contribution is 2.18. The summed E-state index contributed by atoms with van der Waals surface area (Å²) >= 11 is 1.77. The normalized spacial score (nSPS) is 22.6. The maximum Gasteiger partial charge on any atom is 0.193 e. The van der Waals surface area contributed by atoms with Crippen molar-refractivity contribution in [3.8, 4) is 0 Å². The van der Waals surface area contributed by atoms with Crippen molar-refractivity contribution in [2.24, 2.45) is 4.99 Å². The first-order chi connectivity index (χ1) is 12.8. The first-order valence-electron chi connectivity index (χ1n) is 9.91. The van der Waals surface area contributed by atoms with E-state index in [4.69, 9.17) is 9.47 Å². The number of piperidine rings is 1. The fourth-order valence-corrected chi connectivity index (χ4v) is 4.30. The summed E-state index contributed by atoms with van der Waals surface area (Å²) in [5.41, 5.74) is 0. The summed E-state index contributed by atoms with van der Waals surface area (Å²) in [6.45, 7) is 6.51. The summed E-state index contributed by atoms with van der Waals surface area (Å²) in [6, 6.07) is 0. The van der Waals surface area contributed by atoms with Crippen molar-refractivity contribution in [3.05, 3.63) is 16.1 Å². The third-order valence-corrected chi connectivity index (χ3v) is 6.23. The Kier molecular flexibility index (Phi) is 7.70. The number of aromatic nitrogens is 1. The predicted octanol–water partition coefficient (Wildman–Crippen LogP) is 2.83. The Hall–Kier alpha value is -1.18. The Morgan fingerprint density at radius 3 is 2.88 bits per heavy atom. The van der Waals surface area contributed by atoms with Gasteiger partial charge in [0.1, 0.15) is 5.01 Å². The van der Waals surface area contributed by atoms with E-state index in [1.54, 1.807) is 11.3 Å².